The Morgan fingerprint density at radius 2 is 1.13 bits per heavy atom. The number of nitrogens with one attached hydrogen (secondary N) is 1. The van der Waals surface area contributed by atoms with Crippen LogP contribution >= 0.6 is 11.3 Å². The number of anilines is 2. The van der Waals surface area contributed by atoms with E-state index < -0.39 is 0 Å². The van der Waals surface area contributed by atoms with E-state index in [-0.39, 0.29) is 0 Å². The smallest absolute Gasteiger partial charge is 0.0463 e. The van der Waals surface area contributed by atoms with E-state index in [1.807, 2.05) is 11.3 Å². The first kappa shape index (κ1) is 22.8. The molecule has 1 aliphatic carbocycles. The zero-order valence-electron chi connectivity index (χ0n) is 21.0. The van der Waals surface area contributed by atoms with Crippen molar-refractivity contribution in [1.82, 2.24) is 0 Å². The molecule has 0 bridgehead atoms. The number of para-hydroxylation sites is 1. The summed E-state index contributed by atoms with van der Waals surface area (Å²) in [7, 11) is 0. The number of hydrogen-bond donors (Lipinski definition) is 1. The van der Waals surface area contributed by atoms with Crippen molar-refractivity contribution in [1.29, 1.82) is 0 Å². The fourth-order valence-corrected chi connectivity index (χ4v) is 6.52. The third kappa shape index (κ3) is 4.34. The maximum Gasteiger partial charge on any atom is 0.0463 e. The van der Waals surface area contributed by atoms with Crippen LogP contribution in [0.3, 0.4) is 0 Å². The Bertz CT molecular complexity index is 1820. The van der Waals surface area contributed by atoms with Crippen LogP contribution in [-0.2, 0) is 0 Å². The second kappa shape index (κ2) is 9.81. The summed E-state index contributed by atoms with van der Waals surface area (Å²) in [5, 5.41) is 6.34. The van der Waals surface area contributed by atoms with Crippen LogP contribution in [0.25, 0.3) is 42.4 Å². The first-order valence-corrected chi connectivity index (χ1v) is 14.0. The minimum absolute atomic E-state index is 1.07. The summed E-state index contributed by atoms with van der Waals surface area (Å²) >= 11 is 1.86. The van der Waals surface area contributed by atoms with Crippen LogP contribution < -0.4 is 5.32 Å². The van der Waals surface area contributed by atoms with E-state index in [0.29, 0.717) is 0 Å². The maximum atomic E-state index is 3.68. The van der Waals surface area contributed by atoms with Gasteiger partial charge >= 0.3 is 0 Å². The van der Waals surface area contributed by atoms with E-state index in [9.17, 15) is 0 Å². The van der Waals surface area contributed by atoms with Crippen LogP contribution in [0.15, 0.2) is 133 Å². The Labute approximate surface area is 227 Å². The van der Waals surface area contributed by atoms with Crippen molar-refractivity contribution < 1.29 is 0 Å². The fourth-order valence-electron chi connectivity index (χ4n) is 5.43. The van der Waals surface area contributed by atoms with Crippen molar-refractivity contribution >= 4 is 54.0 Å². The minimum atomic E-state index is 1.07. The Morgan fingerprint density at radius 1 is 0.500 bits per heavy atom. The molecule has 1 heterocycles. The average Bonchev–Trinajstić information content (AvgIpc) is 3.36. The van der Waals surface area contributed by atoms with E-state index in [0.717, 1.165) is 24.2 Å². The van der Waals surface area contributed by atoms with Crippen molar-refractivity contribution in [2.75, 3.05) is 5.32 Å². The highest BCUT2D eigenvalue weighted by Gasteiger charge is 2.12. The molecule has 5 aromatic carbocycles. The Balaban J connectivity index is 1.15. The lowest BCUT2D eigenvalue weighted by molar-refractivity contribution is 1.07. The van der Waals surface area contributed by atoms with Gasteiger partial charge in [0.1, 0.15) is 0 Å². The lowest BCUT2D eigenvalue weighted by Crippen LogP contribution is -1.96. The zero-order valence-corrected chi connectivity index (χ0v) is 21.8. The van der Waals surface area contributed by atoms with Gasteiger partial charge in [0, 0.05) is 37.1 Å². The molecule has 7 rings (SSSR count). The van der Waals surface area contributed by atoms with Gasteiger partial charge in [0.2, 0.25) is 0 Å². The van der Waals surface area contributed by atoms with Gasteiger partial charge in [0.25, 0.3) is 0 Å². The second-order valence-electron chi connectivity index (χ2n) is 9.81. The Hall–Kier alpha value is -4.40. The van der Waals surface area contributed by atoms with Crippen LogP contribution in [-0.4, -0.2) is 0 Å². The van der Waals surface area contributed by atoms with Crippen LogP contribution in [0, 0.1) is 0 Å². The molecule has 0 radical (unpaired) electrons. The maximum absolute atomic E-state index is 3.68. The summed E-state index contributed by atoms with van der Waals surface area (Å²) in [6, 6.07) is 43.7. The summed E-state index contributed by atoms with van der Waals surface area (Å²) in [6.45, 7) is 0. The molecule has 1 nitrogen and oxygen atoms in total. The number of rotatable bonds is 5. The molecule has 0 saturated heterocycles. The molecule has 0 aliphatic heterocycles. The monoisotopic (exact) mass is 505 g/mol. The van der Waals surface area contributed by atoms with Crippen molar-refractivity contribution in [2.45, 2.75) is 12.8 Å². The predicted octanol–water partition coefficient (Wildman–Crippen LogP) is 10.7. The molecule has 0 amide bonds. The fraction of sp³-hybridized carbons (Fsp3) is 0.0556. The molecule has 0 saturated carbocycles. The van der Waals surface area contributed by atoms with Gasteiger partial charge in [-0.1, -0.05) is 97.1 Å². The highest BCUT2D eigenvalue weighted by Crippen LogP contribution is 2.38. The van der Waals surface area contributed by atoms with Crippen molar-refractivity contribution in [3.63, 3.8) is 0 Å². The molecule has 1 aromatic heterocycles. The molecule has 182 valence electrons. The largest absolute Gasteiger partial charge is 0.355 e. The zero-order chi connectivity index (χ0) is 25.3. The lowest BCUT2D eigenvalue weighted by atomic mass is 9.90. The van der Waals surface area contributed by atoms with Crippen LogP contribution in [0.4, 0.5) is 11.4 Å². The van der Waals surface area contributed by atoms with Crippen LogP contribution in [0.2, 0.25) is 0 Å². The first-order valence-electron chi connectivity index (χ1n) is 13.2. The standard InChI is InChI=1S/C36H27NS/c1-2-8-25(9-3-1)26-14-16-27(17-15-26)28-18-21-30(22-19-28)37-34-12-6-4-10-31(34)29-20-23-36-33(24-29)32-11-5-7-13-35(32)38-36/h1-14,16,18-24,37H,15,17H2. The molecule has 38 heavy (non-hydrogen) atoms. The van der Waals surface area contributed by atoms with Gasteiger partial charge in [0.15, 0.2) is 0 Å². The molecular formula is C36H27NS. The van der Waals surface area contributed by atoms with Crippen molar-refractivity contribution in [2.24, 2.45) is 0 Å². The number of hydrogen-bond acceptors (Lipinski definition) is 2. The van der Waals surface area contributed by atoms with E-state index in [4.69, 9.17) is 0 Å². The second-order valence-corrected chi connectivity index (χ2v) is 10.9. The summed E-state index contributed by atoms with van der Waals surface area (Å²) in [5.41, 5.74) is 10.1. The summed E-state index contributed by atoms with van der Waals surface area (Å²) in [5.74, 6) is 0. The van der Waals surface area contributed by atoms with E-state index in [2.05, 4.69) is 139 Å². The quantitative estimate of drug-likeness (QED) is 0.246. The molecule has 0 unspecified atom stereocenters. The predicted molar refractivity (Wildman–Crippen MR) is 166 cm³/mol. The SMILES string of the molecule is C1=C(c2ccccc2)CCC(c2ccc(Nc3ccccc3-c3ccc4sc5ccccc5c4c3)cc2)=C1. The van der Waals surface area contributed by atoms with Gasteiger partial charge in [-0.05, 0) is 77.1 Å². The summed E-state index contributed by atoms with van der Waals surface area (Å²) in [6.07, 6.45) is 6.71. The molecule has 0 atom stereocenters. The molecular weight excluding hydrogens is 478 g/mol. The van der Waals surface area contributed by atoms with Gasteiger partial charge in [0.05, 0.1) is 0 Å². The lowest BCUT2D eigenvalue weighted by Gasteiger charge is -2.16. The average molecular weight is 506 g/mol. The normalized spacial score (nSPS) is 13.4. The van der Waals surface area contributed by atoms with Crippen molar-refractivity contribution in [3.05, 3.63) is 145 Å². The molecule has 6 aromatic rings. The summed E-state index contributed by atoms with van der Waals surface area (Å²) in [4.78, 5) is 0. The third-order valence-electron chi connectivity index (χ3n) is 7.44. The van der Waals surface area contributed by atoms with Gasteiger partial charge in [-0.2, -0.15) is 0 Å². The Morgan fingerprint density at radius 3 is 1.92 bits per heavy atom. The highest BCUT2D eigenvalue weighted by atomic mass is 32.1. The van der Waals surface area contributed by atoms with E-state index >= 15 is 0 Å². The van der Waals surface area contributed by atoms with E-state index in [1.54, 1.807) is 0 Å². The number of fused-ring (bicyclic) bond motifs is 3. The van der Waals surface area contributed by atoms with Gasteiger partial charge in [-0.15, -0.1) is 11.3 Å². The number of benzene rings is 5. The molecule has 0 spiro atoms. The molecule has 2 heteroatoms. The summed E-state index contributed by atoms with van der Waals surface area (Å²) < 4.78 is 2.67. The third-order valence-corrected chi connectivity index (χ3v) is 8.60. The highest BCUT2D eigenvalue weighted by molar-refractivity contribution is 7.25. The number of thiophene rings is 1. The van der Waals surface area contributed by atoms with Crippen LogP contribution in [0.5, 0.6) is 0 Å². The van der Waals surface area contributed by atoms with Crippen LogP contribution in [0.1, 0.15) is 24.0 Å². The first-order chi connectivity index (χ1) is 18.8. The minimum Gasteiger partial charge on any atom is -0.355 e. The number of allylic oxidation sites excluding steroid dienone is 4. The van der Waals surface area contributed by atoms with Gasteiger partial charge < -0.3 is 5.32 Å². The topological polar surface area (TPSA) is 12.0 Å². The van der Waals surface area contributed by atoms with Gasteiger partial charge in [-0.3, -0.25) is 0 Å². The Kier molecular flexibility index (Phi) is 5.88. The van der Waals surface area contributed by atoms with Crippen molar-refractivity contribution in [3.8, 4) is 11.1 Å². The molecule has 0 fully saturated rings. The molecule has 1 N–H and O–H groups in total. The van der Waals surface area contributed by atoms with E-state index in [1.165, 1.54) is 53.6 Å². The van der Waals surface area contributed by atoms with Gasteiger partial charge in [-0.25, -0.2) is 0 Å². The molecule has 1 aliphatic rings.